The van der Waals surface area contributed by atoms with Crippen LogP contribution in [-0.2, 0) is 11.3 Å². The summed E-state index contributed by atoms with van der Waals surface area (Å²) in [5.74, 6) is -0.290. The zero-order valence-electron chi connectivity index (χ0n) is 10.1. The van der Waals surface area contributed by atoms with Crippen molar-refractivity contribution in [3.63, 3.8) is 0 Å². The standard InChI is InChI=1S/C13H17ClFNO/c1-9-8-17-10(2)6-16(9)7-11-3-4-12(15)5-13(11)14/h3-5,9-10H,6-8H2,1-2H3/t9-,10+/m1/s1. The van der Waals surface area contributed by atoms with Crippen LogP contribution in [0.2, 0.25) is 5.02 Å². The monoisotopic (exact) mass is 257 g/mol. The van der Waals surface area contributed by atoms with E-state index >= 15 is 0 Å². The Hall–Kier alpha value is -0.640. The molecular weight excluding hydrogens is 241 g/mol. The third kappa shape index (κ3) is 3.18. The fourth-order valence-electron chi connectivity index (χ4n) is 2.06. The number of benzene rings is 1. The third-order valence-corrected chi connectivity index (χ3v) is 3.48. The zero-order chi connectivity index (χ0) is 12.4. The van der Waals surface area contributed by atoms with Crippen molar-refractivity contribution in [1.82, 2.24) is 4.90 Å². The molecule has 4 heteroatoms. The average molecular weight is 258 g/mol. The van der Waals surface area contributed by atoms with Gasteiger partial charge < -0.3 is 4.74 Å². The molecule has 0 saturated carbocycles. The van der Waals surface area contributed by atoms with Crippen LogP contribution in [0.4, 0.5) is 4.39 Å². The highest BCUT2D eigenvalue weighted by Gasteiger charge is 2.23. The molecule has 0 N–H and O–H groups in total. The maximum atomic E-state index is 12.9. The van der Waals surface area contributed by atoms with Crippen LogP contribution in [0.1, 0.15) is 19.4 Å². The van der Waals surface area contributed by atoms with Gasteiger partial charge in [0.1, 0.15) is 5.82 Å². The maximum absolute atomic E-state index is 12.9. The molecule has 1 aromatic carbocycles. The molecule has 0 aromatic heterocycles. The summed E-state index contributed by atoms with van der Waals surface area (Å²) < 4.78 is 18.5. The lowest BCUT2D eigenvalue weighted by Gasteiger charge is -2.36. The predicted molar refractivity (Wildman–Crippen MR) is 66.7 cm³/mol. The van der Waals surface area contributed by atoms with Crippen LogP contribution >= 0.6 is 11.6 Å². The summed E-state index contributed by atoms with van der Waals surface area (Å²) in [6, 6.07) is 4.94. The van der Waals surface area contributed by atoms with E-state index in [0.717, 1.165) is 25.3 Å². The summed E-state index contributed by atoms with van der Waals surface area (Å²) in [5.41, 5.74) is 0.967. The van der Waals surface area contributed by atoms with Gasteiger partial charge in [-0.15, -0.1) is 0 Å². The van der Waals surface area contributed by atoms with Gasteiger partial charge in [-0.2, -0.15) is 0 Å². The van der Waals surface area contributed by atoms with Gasteiger partial charge in [-0.1, -0.05) is 17.7 Å². The molecule has 1 heterocycles. The van der Waals surface area contributed by atoms with Crippen molar-refractivity contribution >= 4 is 11.6 Å². The van der Waals surface area contributed by atoms with E-state index in [1.807, 2.05) is 0 Å². The van der Waals surface area contributed by atoms with Crippen LogP contribution in [0.25, 0.3) is 0 Å². The molecule has 0 amide bonds. The molecule has 1 saturated heterocycles. The van der Waals surface area contributed by atoms with Gasteiger partial charge in [0.05, 0.1) is 12.7 Å². The minimum Gasteiger partial charge on any atom is -0.376 e. The lowest BCUT2D eigenvalue weighted by molar-refractivity contribution is -0.0526. The second-order valence-electron chi connectivity index (χ2n) is 4.66. The van der Waals surface area contributed by atoms with Crippen LogP contribution in [0, 0.1) is 5.82 Å². The molecule has 2 rings (SSSR count). The third-order valence-electron chi connectivity index (χ3n) is 3.13. The van der Waals surface area contributed by atoms with E-state index < -0.39 is 0 Å². The summed E-state index contributed by atoms with van der Waals surface area (Å²) in [4.78, 5) is 2.31. The van der Waals surface area contributed by atoms with E-state index in [1.165, 1.54) is 12.1 Å². The smallest absolute Gasteiger partial charge is 0.124 e. The van der Waals surface area contributed by atoms with Crippen molar-refractivity contribution in [2.24, 2.45) is 0 Å². The Labute approximate surface area is 106 Å². The molecule has 0 aliphatic carbocycles. The van der Waals surface area contributed by atoms with Gasteiger partial charge in [0.25, 0.3) is 0 Å². The van der Waals surface area contributed by atoms with Gasteiger partial charge in [-0.05, 0) is 31.5 Å². The van der Waals surface area contributed by atoms with E-state index in [4.69, 9.17) is 16.3 Å². The van der Waals surface area contributed by atoms with E-state index in [0.29, 0.717) is 11.1 Å². The lowest BCUT2D eigenvalue weighted by atomic mass is 10.1. The number of hydrogen-bond acceptors (Lipinski definition) is 2. The molecule has 1 aromatic rings. The van der Waals surface area contributed by atoms with Crippen molar-refractivity contribution in [3.8, 4) is 0 Å². The highest BCUT2D eigenvalue weighted by atomic mass is 35.5. The van der Waals surface area contributed by atoms with E-state index in [9.17, 15) is 4.39 Å². The Bertz CT molecular complexity index is 399. The summed E-state index contributed by atoms with van der Waals surface area (Å²) in [6.07, 6.45) is 0.241. The van der Waals surface area contributed by atoms with Crippen LogP contribution in [0.3, 0.4) is 0 Å². The first kappa shape index (κ1) is 12.8. The van der Waals surface area contributed by atoms with E-state index in [2.05, 4.69) is 18.7 Å². The Kier molecular flexibility index (Phi) is 4.02. The highest BCUT2D eigenvalue weighted by molar-refractivity contribution is 6.31. The Balaban J connectivity index is 2.08. The van der Waals surface area contributed by atoms with Gasteiger partial charge in [0.15, 0.2) is 0 Å². The molecule has 1 aliphatic heterocycles. The first-order valence-electron chi connectivity index (χ1n) is 5.86. The molecule has 0 spiro atoms. The molecular formula is C13H17ClFNO. The van der Waals surface area contributed by atoms with Crippen molar-refractivity contribution in [2.45, 2.75) is 32.5 Å². The topological polar surface area (TPSA) is 12.5 Å². The van der Waals surface area contributed by atoms with E-state index in [-0.39, 0.29) is 11.9 Å². The predicted octanol–water partition coefficient (Wildman–Crippen LogP) is 3.09. The number of hydrogen-bond donors (Lipinski definition) is 0. The number of morpholine rings is 1. The Morgan fingerprint density at radius 2 is 2.24 bits per heavy atom. The molecule has 1 fully saturated rings. The number of ether oxygens (including phenoxy) is 1. The molecule has 0 radical (unpaired) electrons. The maximum Gasteiger partial charge on any atom is 0.124 e. The van der Waals surface area contributed by atoms with Gasteiger partial charge in [0.2, 0.25) is 0 Å². The summed E-state index contributed by atoms with van der Waals surface area (Å²) in [7, 11) is 0. The SMILES string of the molecule is C[C@@H]1CO[C@@H](C)CN1Cc1ccc(F)cc1Cl. The molecule has 17 heavy (non-hydrogen) atoms. The Morgan fingerprint density at radius 3 is 2.94 bits per heavy atom. The quantitative estimate of drug-likeness (QED) is 0.807. The van der Waals surface area contributed by atoms with Gasteiger partial charge >= 0.3 is 0 Å². The second-order valence-corrected chi connectivity index (χ2v) is 5.07. The summed E-state index contributed by atoms with van der Waals surface area (Å²) in [6.45, 7) is 6.55. The molecule has 0 bridgehead atoms. The number of rotatable bonds is 2. The van der Waals surface area contributed by atoms with Gasteiger partial charge in [0, 0.05) is 24.2 Å². The fraction of sp³-hybridized carbons (Fsp3) is 0.538. The first-order chi connectivity index (χ1) is 8.06. The van der Waals surface area contributed by atoms with Gasteiger partial charge in [-0.3, -0.25) is 4.90 Å². The highest BCUT2D eigenvalue weighted by Crippen LogP contribution is 2.21. The summed E-state index contributed by atoms with van der Waals surface area (Å²) >= 11 is 6.03. The zero-order valence-corrected chi connectivity index (χ0v) is 10.9. The van der Waals surface area contributed by atoms with Crippen LogP contribution in [0.5, 0.6) is 0 Å². The average Bonchev–Trinajstić information content (AvgIpc) is 2.27. The Morgan fingerprint density at radius 1 is 1.47 bits per heavy atom. The lowest BCUT2D eigenvalue weighted by Crippen LogP contribution is -2.46. The molecule has 0 unspecified atom stereocenters. The minimum absolute atomic E-state index is 0.241. The second kappa shape index (κ2) is 5.34. The molecule has 1 aliphatic rings. The van der Waals surface area contributed by atoms with Crippen molar-refractivity contribution < 1.29 is 9.13 Å². The van der Waals surface area contributed by atoms with E-state index in [1.54, 1.807) is 6.07 Å². The molecule has 94 valence electrons. The van der Waals surface area contributed by atoms with Crippen LogP contribution in [-0.4, -0.2) is 30.2 Å². The normalized spacial score (nSPS) is 26.1. The first-order valence-corrected chi connectivity index (χ1v) is 6.23. The minimum atomic E-state index is -0.290. The molecule has 2 atom stereocenters. The fourth-order valence-corrected chi connectivity index (χ4v) is 2.29. The largest absolute Gasteiger partial charge is 0.376 e. The van der Waals surface area contributed by atoms with Crippen molar-refractivity contribution in [3.05, 3.63) is 34.6 Å². The van der Waals surface area contributed by atoms with Crippen molar-refractivity contribution in [2.75, 3.05) is 13.2 Å². The number of halogens is 2. The number of nitrogens with zero attached hydrogens (tertiary/aromatic N) is 1. The molecule has 2 nitrogen and oxygen atoms in total. The van der Waals surface area contributed by atoms with Crippen molar-refractivity contribution in [1.29, 1.82) is 0 Å². The van der Waals surface area contributed by atoms with Crippen LogP contribution in [0.15, 0.2) is 18.2 Å². The van der Waals surface area contributed by atoms with Gasteiger partial charge in [-0.25, -0.2) is 4.39 Å². The van der Waals surface area contributed by atoms with Crippen LogP contribution < -0.4 is 0 Å². The summed E-state index contributed by atoms with van der Waals surface area (Å²) in [5, 5.41) is 0.497.